The molecule has 0 radical (unpaired) electrons. The molecular formula is C18H19ClN4O2. The molecule has 25 heavy (non-hydrogen) atoms. The standard InChI is InChI=1S/C18H19ClN4O2/c1-12(24)21-15-6-8-20-10-16(15)22-18(25)13-7-9-23(11-13)17-5-3-2-4-14(17)19/h2-6,8,10,13H,7,9,11H2,1H3,(H,22,25)(H,20,21,24). The minimum atomic E-state index is -0.201. The highest BCUT2D eigenvalue weighted by Gasteiger charge is 2.29. The number of rotatable bonds is 4. The van der Waals surface area contributed by atoms with E-state index in [1.807, 2.05) is 24.3 Å². The molecule has 1 aromatic carbocycles. The maximum absolute atomic E-state index is 12.6. The van der Waals surface area contributed by atoms with Gasteiger partial charge in [-0.25, -0.2) is 0 Å². The third kappa shape index (κ3) is 4.09. The van der Waals surface area contributed by atoms with Gasteiger partial charge in [0.15, 0.2) is 0 Å². The van der Waals surface area contributed by atoms with Gasteiger partial charge in [0.1, 0.15) is 0 Å². The number of nitrogens with one attached hydrogen (secondary N) is 2. The summed E-state index contributed by atoms with van der Waals surface area (Å²) in [6, 6.07) is 9.28. The summed E-state index contributed by atoms with van der Waals surface area (Å²) in [5.41, 5.74) is 1.98. The number of benzene rings is 1. The Morgan fingerprint density at radius 2 is 2.00 bits per heavy atom. The number of hydrogen-bond donors (Lipinski definition) is 2. The monoisotopic (exact) mass is 358 g/mol. The SMILES string of the molecule is CC(=O)Nc1ccncc1NC(=O)C1CCN(c2ccccc2Cl)C1. The fourth-order valence-electron chi connectivity index (χ4n) is 2.93. The van der Waals surface area contributed by atoms with Gasteiger partial charge < -0.3 is 15.5 Å². The van der Waals surface area contributed by atoms with Crippen molar-refractivity contribution >= 4 is 40.5 Å². The molecule has 0 spiro atoms. The molecule has 7 heteroatoms. The average molecular weight is 359 g/mol. The van der Waals surface area contributed by atoms with Crippen molar-refractivity contribution in [3.63, 3.8) is 0 Å². The normalized spacial score (nSPS) is 16.6. The minimum Gasteiger partial charge on any atom is -0.370 e. The maximum Gasteiger partial charge on any atom is 0.229 e. The van der Waals surface area contributed by atoms with Crippen LogP contribution in [0.2, 0.25) is 5.02 Å². The van der Waals surface area contributed by atoms with E-state index in [1.54, 1.807) is 12.3 Å². The first-order valence-corrected chi connectivity index (χ1v) is 8.44. The lowest BCUT2D eigenvalue weighted by Gasteiger charge is -2.20. The number of pyridine rings is 1. The molecule has 1 fully saturated rings. The molecule has 1 unspecified atom stereocenters. The van der Waals surface area contributed by atoms with Crippen LogP contribution in [0, 0.1) is 5.92 Å². The molecule has 1 aromatic heterocycles. The van der Waals surface area contributed by atoms with Crippen molar-refractivity contribution in [3.05, 3.63) is 47.7 Å². The summed E-state index contributed by atoms with van der Waals surface area (Å²) in [6.45, 7) is 2.79. The molecule has 2 heterocycles. The number of aromatic nitrogens is 1. The van der Waals surface area contributed by atoms with Gasteiger partial charge in [0.05, 0.1) is 34.2 Å². The van der Waals surface area contributed by atoms with Crippen LogP contribution in [0.3, 0.4) is 0 Å². The lowest BCUT2D eigenvalue weighted by atomic mass is 10.1. The van der Waals surface area contributed by atoms with Crippen LogP contribution < -0.4 is 15.5 Å². The first-order valence-electron chi connectivity index (χ1n) is 8.06. The molecule has 2 aromatic rings. The third-order valence-electron chi connectivity index (χ3n) is 4.14. The molecular weight excluding hydrogens is 340 g/mol. The van der Waals surface area contributed by atoms with Crippen molar-refractivity contribution in [2.45, 2.75) is 13.3 Å². The van der Waals surface area contributed by atoms with E-state index in [4.69, 9.17) is 11.6 Å². The zero-order valence-electron chi connectivity index (χ0n) is 13.8. The van der Waals surface area contributed by atoms with Gasteiger partial charge in [0.25, 0.3) is 0 Å². The first-order chi connectivity index (χ1) is 12.0. The number of amides is 2. The van der Waals surface area contributed by atoms with Crippen LogP contribution in [0.1, 0.15) is 13.3 Å². The highest BCUT2D eigenvalue weighted by molar-refractivity contribution is 6.33. The first kappa shape index (κ1) is 17.2. The van der Waals surface area contributed by atoms with Crippen molar-refractivity contribution in [3.8, 4) is 0 Å². The number of carbonyl (C=O) groups excluding carboxylic acids is 2. The van der Waals surface area contributed by atoms with Gasteiger partial charge >= 0.3 is 0 Å². The number of hydrogen-bond acceptors (Lipinski definition) is 4. The van der Waals surface area contributed by atoms with E-state index >= 15 is 0 Å². The van der Waals surface area contributed by atoms with Crippen molar-refractivity contribution in [2.24, 2.45) is 5.92 Å². The molecule has 0 saturated carbocycles. The van der Waals surface area contributed by atoms with E-state index in [9.17, 15) is 9.59 Å². The maximum atomic E-state index is 12.6. The van der Waals surface area contributed by atoms with Crippen molar-refractivity contribution < 1.29 is 9.59 Å². The predicted molar refractivity (Wildman–Crippen MR) is 98.9 cm³/mol. The molecule has 0 aliphatic carbocycles. The highest BCUT2D eigenvalue weighted by Crippen LogP contribution is 2.31. The van der Waals surface area contributed by atoms with Gasteiger partial charge in [-0.05, 0) is 24.6 Å². The molecule has 0 bridgehead atoms. The van der Waals surface area contributed by atoms with Crippen LogP contribution in [0.25, 0.3) is 0 Å². The zero-order chi connectivity index (χ0) is 17.8. The summed E-state index contributed by atoms with van der Waals surface area (Å²) in [6.07, 6.45) is 3.84. The van der Waals surface area contributed by atoms with Crippen molar-refractivity contribution in [1.82, 2.24) is 4.98 Å². The molecule has 1 saturated heterocycles. The Morgan fingerprint density at radius 3 is 2.76 bits per heavy atom. The van der Waals surface area contributed by atoms with Crippen LogP contribution in [0.15, 0.2) is 42.7 Å². The molecule has 3 rings (SSSR count). The topological polar surface area (TPSA) is 74.3 Å². The average Bonchev–Trinajstić information content (AvgIpc) is 3.06. The molecule has 1 aliphatic heterocycles. The Bertz CT molecular complexity index is 796. The molecule has 130 valence electrons. The molecule has 1 atom stereocenters. The second-order valence-corrected chi connectivity index (χ2v) is 6.38. The largest absolute Gasteiger partial charge is 0.370 e. The molecule has 2 N–H and O–H groups in total. The van der Waals surface area contributed by atoms with Crippen molar-refractivity contribution in [2.75, 3.05) is 28.6 Å². The van der Waals surface area contributed by atoms with Gasteiger partial charge in [0.2, 0.25) is 11.8 Å². The van der Waals surface area contributed by atoms with Gasteiger partial charge in [-0.3, -0.25) is 14.6 Å². The lowest BCUT2D eigenvalue weighted by Crippen LogP contribution is -2.27. The number of nitrogens with zero attached hydrogens (tertiary/aromatic N) is 2. The Kier molecular flexibility index (Phi) is 5.19. The van der Waals surface area contributed by atoms with Gasteiger partial charge in [0, 0.05) is 26.2 Å². The number of halogens is 1. The van der Waals surface area contributed by atoms with Gasteiger partial charge in [-0.2, -0.15) is 0 Å². The minimum absolute atomic E-state index is 0.0887. The fraction of sp³-hybridized carbons (Fsp3) is 0.278. The molecule has 1 aliphatic rings. The van der Waals surface area contributed by atoms with Crippen molar-refractivity contribution in [1.29, 1.82) is 0 Å². The summed E-state index contributed by atoms with van der Waals surface area (Å²) in [5, 5.41) is 6.24. The van der Waals surface area contributed by atoms with E-state index in [0.29, 0.717) is 22.9 Å². The fourth-order valence-corrected chi connectivity index (χ4v) is 3.18. The second kappa shape index (κ2) is 7.53. The smallest absolute Gasteiger partial charge is 0.229 e. The number of para-hydroxylation sites is 1. The number of carbonyl (C=O) groups is 2. The molecule has 2 amide bonds. The Labute approximate surface area is 151 Å². The summed E-state index contributed by atoms with van der Waals surface area (Å²) in [4.78, 5) is 30.0. The third-order valence-corrected chi connectivity index (χ3v) is 4.46. The quantitative estimate of drug-likeness (QED) is 0.880. The van der Waals surface area contributed by atoms with Gasteiger partial charge in [-0.1, -0.05) is 23.7 Å². The van der Waals surface area contributed by atoms with E-state index in [2.05, 4.69) is 20.5 Å². The number of anilines is 3. The summed E-state index contributed by atoms with van der Waals surface area (Å²) < 4.78 is 0. The van der Waals surface area contributed by atoms with Crippen LogP contribution in [-0.2, 0) is 9.59 Å². The van der Waals surface area contributed by atoms with Crippen LogP contribution in [-0.4, -0.2) is 29.9 Å². The lowest BCUT2D eigenvalue weighted by molar-refractivity contribution is -0.119. The van der Waals surface area contributed by atoms with E-state index in [0.717, 1.165) is 18.7 Å². The predicted octanol–water partition coefficient (Wildman–Crippen LogP) is 3.16. The molecule has 6 nitrogen and oxygen atoms in total. The highest BCUT2D eigenvalue weighted by atomic mass is 35.5. The van der Waals surface area contributed by atoms with Crippen LogP contribution >= 0.6 is 11.6 Å². The van der Waals surface area contributed by atoms with E-state index in [1.165, 1.54) is 13.1 Å². The van der Waals surface area contributed by atoms with Crippen LogP contribution in [0.5, 0.6) is 0 Å². The van der Waals surface area contributed by atoms with E-state index in [-0.39, 0.29) is 17.7 Å². The van der Waals surface area contributed by atoms with E-state index < -0.39 is 0 Å². The Balaban J connectivity index is 1.67. The van der Waals surface area contributed by atoms with Gasteiger partial charge in [-0.15, -0.1) is 0 Å². The second-order valence-electron chi connectivity index (χ2n) is 5.97. The zero-order valence-corrected chi connectivity index (χ0v) is 14.6. The Morgan fingerprint density at radius 1 is 1.20 bits per heavy atom. The summed E-state index contributed by atoms with van der Waals surface area (Å²) in [5.74, 6) is -0.441. The summed E-state index contributed by atoms with van der Waals surface area (Å²) >= 11 is 6.24. The summed E-state index contributed by atoms with van der Waals surface area (Å²) in [7, 11) is 0. The van der Waals surface area contributed by atoms with Crippen LogP contribution in [0.4, 0.5) is 17.1 Å². The Hall–Kier alpha value is -2.60.